The van der Waals surface area contributed by atoms with Gasteiger partial charge in [0.2, 0.25) is 5.91 Å². The van der Waals surface area contributed by atoms with Crippen molar-refractivity contribution in [3.63, 3.8) is 0 Å². The van der Waals surface area contributed by atoms with Gasteiger partial charge in [0.25, 0.3) is 5.56 Å². The van der Waals surface area contributed by atoms with Crippen LogP contribution in [-0.4, -0.2) is 40.1 Å². The van der Waals surface area contributed by atoms with Crippen LogP contribution >= 0.6 is 0 Å². The van der Waals surface area contributed by atoms with Crippen molar-refractivity contribution >= 4 is 16.8 Å². The smallest absolute Gasteiger partial charge is 0.329 e. The Labute approximate surface area is 154 Å². The molecule has 0 radical (unpaired) electrons. The molecule has 4 rings (SSSR count). The number of furan rings is 1. The van der Waals surface area contributed by atoms with E-state index >= 15 is 0 Å². The summed E-state index contributed by atoms with van der Waals surface area (Å²) in [5.74, 6) is 1.17. The van der Waals surface area contributed by atoms with E-state index in [2.05, 4.69) is 4.98 Å². The summed E-state index contributed by atoms with van der Waals surface area (Å²) in [5, 5.41) is 0.366. The first kappa shape index (κ1) is 17.3. The number of hydrogen-bond donors (Lipinski definition) is 1. The first-order chi connectivity index (χ1) is 13.0. The number of nitrogens with zero attached hydrogens (tertiary/aromatic N) is 2. The zero-order chi connectivity index (χ0) is 19.0. The summed E-state index contributed by atoms with van der Waals surface area (Å²) < 4.78 is 12.5. The minimum Gasteiger partial charge on any atom is -0.464 e. The zero-order valence-electron chi connectivity index (χ0n) is 14.8. The van der Waals surface area contributed by atoms with Crippen molar-refractivity contribution in [3.05, 3.63) is 68.8 Å². The number of carbonyl (C=O) groups excluding carboxylic acids is 1. The minimum absolute atomic E-state index is 0.174. The Morgan fingerprint density at radius 1 is 1.22 bits per heavy atom. The van der Waals surface area contributed by atoms with Gasteiger partial charge in [0.1, 0.15) is 24.1 Å². The van der Waals surface area contributed by atoms with E-state index in [4.69, 9.17) is 9.15 Å². The standard InChI is InChI=1S/C19H19N3O5/c1-12-6-7-16(27-12)15-11-26-9-8-21(15)17(23)10-22-14-5-3-2-4-13(14)18(24)20-19(22)25/h2-7,15H,8-11H2,1H3,(H,20,24,25). The van der Waals surface area contributed by atoms with Gasteiger partial charge in [0.05, 0.1) is 24.1 Å². The average molecular weight is 369 g/mol. The largest absolute Gasteiger partial charge is 0.464 e. The van der Waals surface area contributed by atoms with Crippen LogP contribution in [0.25, 0.3) is 10.9 Å². The molecule has 1 amide bonds. The predicted molar refractivity (Wildman–Crippen MR) is 97.5 cm³/mol. The van der Waals surface area contributed by atoms with Gasteiger partial charge in [-0.1, -0.05) is 12.1 Å². The summed E-state index contributed by atoms with van der Waals surface area (Å²) >= 11 is 0. The molecule has 0 spiro atoms. The number of ether oxygens (including phenoxy) is 1. The third kappa shape index (κ3) is 3.19. The number of aryl methyl sites for hydroxylation is 1. The van der Waals surface area contributed by atoms with Crippen molar-refractivity contribution in [3.8, 4) is 0 Å². The second-order valence-corrected chi connectivity index (χ2v) is 6.49. The normalized spacial score (nSPS) is 17.4. The lowest BCUT2D eigenvalue weighted by molar-refractivity contribution is -0.141. The Hall–Kier alpha value is -3.13. The van der Waals surface area contributed by atoms with E-state index in [9.17, 15) is 14.4 Å². The fourth-order valence-corrected chi connectivity index (χ4v) is 3.40. The van der Waals surface area contributed by atoms with E-state index in [0.717, 1.165) is 5.76 Å². The Kier molecular flexibility index (Phi) is 4.41. The maximum atomic E-state index is 13.0. The van der Waals surface area contributed by atoms with Crippen LogP contribution in [0.3, 0.4) is 0 Å². The number of hydrogen-bond acceptors (Lipinski definition) is 5. The number of nitrogens with one attached hydrogen (secondary N) is 1. The maximum absolute atomic E-state index is 13.0. The molecule has 3 aromatic rings. The molecule has 0 bridgehead atoms. The van der Waals surface area contributed by atoms with Crippen molar-refractivity contribution in [1.29, 1.82) is 0 Å². The molecular formula is C19H19N3O5. The molecule has 0 saturated carbocycles. The molecule has 3 heterocycles. The van der Waals surface area contributed by atoms with E-state index in [1.54, 1.807) is 29.2 Å². The lowest BCUT2D eigenvalue weighted by Crippen LogP contribution is -2.46. The SMILES string of the molecule is Cc1ccc(C2COCCN2C(=O)Cn2c(=O)[nH]c(=O)c3ccccc32)o1. The molecule has 8 nitrogen and oxygen atoms in total. The average Bonchev–Trinajstić information content (AvgIpc) is 3.11. The van der Waals surface area contributed by atoms with Crippen LogP contribution in [0.1, 0.15) is 17.6 Å². The van der Waals surface area contributed by atoms with Crippen molar-refractivity contribution < 1.29 is 13.9 Å². The van der Waals surface area contributed by atoms with Crippen molar-refractivity contribution in [2.75, 3.05) is 19.8 Å². The quantitative estimate of drug-likeness (QED) is 0.748. The lowest BCUT2D eigenvalue weighted by Gasteiger charge is -2.34. The number of rotatable bonds is 3. The lowest BCUT2D eigenvalue weighted by atomic mass is 10.1. The van der Waals surface area contributed by atoms with Gasteiger partial charge in [-0.05, 0) is 31.2 Å². The van der Waals surface area contributed by atoms with Crippen LogP contribution in [0.15, 0.2) is 50.4 Å². The Morgan fingerprint density at radius 2 is 2.04 bits per heavy atom. The fraction of sp³-hybridized carbons (Fsp3) is 0.316. The van der Waals surface area contributed by atoms with Crippen LogP contribution in [0, 0.1) is 6.92 Å². The zero-order valence-corrected chi connectivity index (χ0v) is 14.8. The monoisotopic (exact) mass is 369 g/mol. The summed E-state index contributed by atoms with van der Waals surface area (Å²) in [7, 11) is 0. The number of aromatic amines is 1. The summed E-state index contributed by atoms with van der Waals surface area (Å²) in [6.07, 6.45) is 0. The van der Waals surface area contributed by atoms with Gasteiger partial charge in [-0.3, -0.25) is 19.1 Å². The molecule has 140 valence electrons. The van der Waals surface area contributed by atoms with Gasteiger partial charge < -0.3 is 14.1 Å². The molecule has 27 heavy (non-hydrogen) atoms. The van der Waals surface area contributed by atoms with Gasteiger partial charge in [-0.2, -0.15) is 0 Å². The highest BCUT2D eigenvalue weighted by Crippen LogP contribution is 2.26. The number of carbonyl (C=O) groups is 1. The summed E-state index contributed by atoms with van der Waals surface area (Å²) in [4.78, 5) is 41.3. The third-order valence-electron chi connectivity index (χ3n) is 4.74. The molecule has 1 unspecified atom stereocenters. The first-order valence-electron chi connectivity index (χ1n) is 8.70. The number of fused-ring (bicyclic) bond motifs is 1. The molecule has 2 aromatic heterocycles. The minimum atomic E-state index is -0.606. The number of aromatic nitrogens is 2. The number of para-hydroxylation sites is 1. The summed E-state index contributed by atoms with van der Waals surface area (Å²) in [6.45, 7) is 2.82. The van der Waals surface area contributed by atoms with E-state index in [-0.39, 0.29) is 18.5 Å². The van der Waals surface area contributed by atoms with E-state index in [1.165, 1.54) is 4.57 Å². The second-order valence-electron chi connectivity index (χ2n) is 6.49. The van der Waals surface area contributed by atoms with Crippen LogP contribution in [0.5, 0.6) is 0 Å². The van der Waals surface area contributed by atoms with Gasteiger partial charge in [0.15, 0.2) is 0 Å². The predicted octanol–water partition coefficient (Wildman–Crippen LogP) is 1.19. The third-order valence-corrected chi connectivity index (χ3v) is 4.74. The Bertz CT molecular complexity index is 1110. The molecule has 0 aliphatic carbocycles. The topological polar surface area (TPSA) is 97.5 Å². The molecule has 8 heteroatoms. The van der Waals surface area contributed by atoms with Gasteiger partial charge in [0, 0.05) is 6.54 Å². The molecule has 1 aromatic carbocycles. The highest BCUT2D eigenvalue weighted by atomic mass is 16.5. The van der Waals surface area contributed by atoms with Crippen LogP contribution in [-0.2, 0) is 16.1 Å². The first-order valence-corrected chi connectivity index (χ1v) is 8.70. The van der Waals surface area contributed by atoms with E-state index in [0.29, 0.717) is 36.4 Å². The molecule has 1 atom stereocenters. The van der Waals surface area contributed by atoms with Gasteiger partial charge in [-0.15, -0.1) is 0 Å². The number of H-pyrrole nitrogens is 1. The van der Waals surface area contributed by atoms with Crippen LogP contribution in [0.2, 0.25) is 0 Å². The highest BCUT2D eigenvalue weighted by Gasteiger charge is 2.31. The fourth-order valence-electron chi connectivity index (χ4n) is 3.40. The van der Waals surface area contributed by atoms with Gasteiger partial charge >= 0.3 is 5.69 Å². The molecule has 1 aliphatic rings. The summed E-state index contributed by atoms with van der Waals surface area (Å²) in [5.41, 5.74) is -0.640. The van der Waals surface area contributed by atoms with E-state index < -0.39 is 11.2 Å². The molecule has 1 aliphatic heterocycles. The van der Waals surface area contributed by atoms with Crippen LogP contribution < -0.4 is 11.2 Å². The van der Waals surface area contributed by atoms with Crippen molar-refractivity contribution in [2.45, 2.75) is 19.5 Å². The summed E-state index contributed by atoms with van der Waals surface area (Å²) in [6, 6.07) is 10.0. The number of amides is 1. The Balaban J connectivity index is 1.68. The van der Waals surface area contributed by atoms with Crippen molar-refractivity contribution in [1.82, 2.24) is 14.5 Å². The Morgan fingerprint density at radius 3 is 2.81 bits per heavy atom. The molecule has 1 saturated heterocycles. The highest BCUT2D eigenvalue weighted by molar-refractivity contribution is 5.81. The van der Waals surface area contributed by atoms with Crippen molar-refractivity contribution in [2.24, 2.45) is 0 Å². The number of morpholine rings is 1. The maximum Gasteiger partial charge on any atom is 0.329 e. The van der Waals surface area contributed by atoms with Gasteiger partial charge in [-0.25, -0.2) is 4.79 Å². The molecular weight excluding hydrogens is 350 g/mol. The number of benzene rings is 1. The van der Waals surface area contributed by atoms with Crippen LogP contribution in [0.4, 0.5) is 0 Å². The van der Waals surface area contributed by atoms with E-state index in [1.807, 2.05) is 19.1 Å². The molecule has 1 fully saturated rings. The second kappa shape index (κ2) is 6.88. The molecule has 1 N–H and O–H groups in total.